The Hall–Kier alpha value is -2.33. The van der Waals surface area contributed by atoms with Gasteiger partial charge in [-0.1, -0.05) is 30.3 Å². The maximum Gasteiger partial charge on any atom is 0.161 e. The number of aliphatic hydroxyl groups is 1. The minimum Gasteiger partial charge on any atom is -0.490 e. The highest BCUT2D eigenvalue weighted by Crippen LogP contribution is 2.29. The molecule has 0 saturated heterocycles. The van der Waals surface area contributed by atoms with Crippen LogP contribution in [0, 0.1) is 0 Å². The van der Waals surface area contributed by atoms with Crippen LogP contribution in [0.4, 0.5) is 0 Å². The molecular weight excluding hydrogens is 268 g/mol. The number of hydrogen-bond acceptors (Lipinski definition) is 4. The third-order valence-corrected chi connectivity index (χ3v) is 2.98. The molecule has 110 valence electrons. The highest BCUT2D eigenvalue weighted by Gasteiger charge is 2.11. The fourth-order valence-electron chi connectivity index (χ4n) is 1.93. The van der Waals surface area contributed by atoms with Crippen molar-refractivity contribution in [2.45, 2.75) is 13.0 Å². The zero-order valence-corrected chi connectivity index (χ0v) is 11.9. The molecule has 0 radical (unpaired) electrons. The summed E-state index contributed by atoms with van der Waals surface area (Å²) in [5.74, 6) is 1.01. The zero-order chi connectivity index (χ0) is 15.1. The lowest BCUT2D eigenvalue weighted by Crippen LogP contribution is -2.10. The van der Waals surface area contributed by atoms with E-state index in [1.807, 2.05) is 37.3 Å². The first-order valence-corrected chi connectivity index (χ1v) is 6.82. The molecule has 1 unspecified atom stereocenters. The van der Waals surface area contributed by atoms with E-state index in [-0.39, 0.29) is 6.61 Å². The van der Waals surface area contributed by atoms with E-state index in [9.17, 15) is 9.90 Å². The molecule has 0 saturated carbocycles. The molecule has 4 nitrogen and oxygen atoms in total. The Kier molecular flexibility index (Phi) is 5.35. The molecule has 21 heavy (non-hydrogen) atoms. The normalized spacial score (nSPS) is 11.7. The first kappa shape index (κ1) is 15.1. The Morgan fingerprint density at radius 1 is 1.10 bits per heavy atom. The van der Waals surface area contributed by atoms with Crippen LogP contribution in [0.25, 0.3) is 0 Å². The summed E-state index contributed by atoms with van der Waals surface area (Å²) in [5.41, 5.74) is 1.31. The fraction of sp³-hybridized carbons (Fsp3) is 0.235. The highest BCUT2D eigenvalue weighted by molar-refractivity contribution is 5.76. The molecule has 0 heterocycles. The minimum absolute atomic E-state index is 0.116. The van der Waals surface area contributed by atoms with E-state index in [4.69, 9.17) is 9.47 Å². The lowest BCUT2D eigenvalue weighted by atomic mass is 10.1. The molecule has 0 aliphatic rings. The largest absolute Gasteiger partial charge is 0.490 e. The van der Waals surface area contributed by atoms with Gasteiger partial charge in [-0.05, 0) is 30.7 Å². The topological polar surface area (TPSA) is 55.8 Å². The first-order valence-electron chi connectivity index (χ1n) is 6.82. The zero-order valence-electron chi connectivity index (χ0n) is 11.9. The predicted molar refractivity (Wildman–Crippen MR) is 79.9 cm³/mol. The number of rotatable bonds is 7. The summed E-state index contributed by atoms with van der Waals surface area (Å²) in [6.07, 6.45) is 0.0388. The average Bonchev–Trinajstić information content (AvgIpc) is 2.54. The van der Waals surface area contributed by atoms with Gasteiger partial charge in [-0.3, -0.25) is 4.79 Å². The summed E-state index contributed by atoms with van der Waals surface area (Å²) in [4.78, 5) is 10.8. The van der Waals surface area contributed by atoms with Crippen molar-refractivity contribution in [1.82, 2.24) is 0 Å². The van der Waals surface area contributed by atoms with Gasteiger partial charge in [-0.25, -0.2) is 0 Å². The number of aldehydes is 1. The first-order chi connectivity index (χ1) is 10.2. The third kappa shape index (κ3) is 4.07. The Morgan fingerprint density at radius 2 is 1.86 bits per heavy atom. The molecule has 2 rings (SSSR count). The maximum absolute atomic E-state index is 10.8. The highest BCUT2D eigenvalue weighted by atomic mass is 16.5. The summed E-state index contributed by atoms with van der Waals surface area (Å²) in [6, 6.07) is 14.3. The van der Waals surface area contributed by atoms with Gasteiger partial charge in [0.2, 0.25) is 0 Å². The molecule has 2 aromatic rings. The van der Waals surface area contributed by atoms with Crippen molar-refractivity contribution in [3.63, 3.8) is 0 Å². The van der Waals surface area contributed by atoms with Gasteiger partial charge in [-0.2, -0.15) is 0 Å². The summed E-state index contributed by atoms with van der Waals surface area (Å²) in [6.45, 7) is 2.45. The van der Waals surface area contributed by atoms with E-state index in [0.29, 0.717) is 23.7 Å². The number of aliphatic hydroxyl groups excluding tert-OH is 1. The van der Waals surface area contributed by atoms with Crippen molar-refractivity contribution in [3.05, 3.63) is 59.7 Å². The third-order valence-electron chi connectivity index (χ3n) is 2.98. The van der Waals surface area contributed by atoms with Crippen molar-refractivity contribution < 1.29 is 19.4 Å². The number of benzene rings is 2. The second-order valence-electron chi connectivity index (χ2n) is 4.49. The summed E-state index contributed by atoms with van der Waals surface area (Å²) in [7, 11) is 0. The lowest BCUT2D eigenvalue weighted by molar-refractivity contribution is 0.105. The Labute approximate surface area is 123 Å². The molecular formula is C17H18O4. The van der Waals surface area contributed by atoms with Crippen LogP contribution in [0.15, 0.2) is 48.5 Å². The molecule has 1 N–H and O–H groups in total. The summed E-state index contributed by atoms with van der Waals surface area (Å²) in [5, 5.41) is 10.1. The standard InChI is InChI=1S/C17H18O4/c1-2-20-17-10-13(11-18)8-9-16(17)21-12-15(19)14-6-4-3-5-7-14/h3-11,15,19H,2,12H2,1H3. The van der Waals surface area contributed by atoms with Crippen molar-refractivity contribution in [1.29, 1.82) is 0 Å². The van der Waals surface area contributed by atoms with E-state index in [2.05, 4.69) is 0 Å². The van der Waals surface area contributed by atoms with Gasteiger partial charge in [0.15, 0.2) is 11.5 Å². The van der Waals surface area contributed by atoms with Gasteiger partial charge in [-0.15, -0.1) is 0 Å². The van der Waals surface area contributed by atoms with Crippen LogP contribution in [0.1, 0.15) is 28.9 Å². The van der Waals surface area contributed by atoms with Gasteiger partial charge in [0.25, 0.3) is 0 Å². The fourth-order valence-corrected chi connectivity index (χ4v) is 1.93. The summed E-state index contributed by atoms with van der Waals surface area (Å²) < 4.78 is 11.1. The Balaban J connectivity index is 2.07. The van der Waals surface area contributed by atoms with Crippen molar-refractivity contribution in [3.8, 4) is 11.5 Å². The van der Waals surface area contributed by atoms with E-state index in [0.717, 1.165) is 11.8 Å². The quantitative estimate of drug-likeness (QED) is 0.795. The number of hydrogen-bond donors (Lipinski definition) is 1. The Morgan fingerprint density at radius 3 is 2.52 bits per heavy atom. The lowest BCUT2D eigenvalue weighted by Gasteiger charge is -2.15. The number of carbonyl (C=O) groups is 1. The smallest absolute Gasteiger partial charge is 0.161 e. The second-order valence-corrected chi connectivity index (χ2v) is 4.49. The molecule has 2 aromatic carbocycles. The molecule has 0 aliphatic carbocycles. The van der Waals surface area contributed by atoms with Crippen LogP contribution < -0.4 is 9.47 Å². The number of carbonyl (C=O) groups excluding carboxylic acids is 1. The SMILES string of the molecule is CCOc1cc(C=O)ccc1OCC(O)c1ccccc1. The minimum atomic E-state index is -0.716. The predicted octanol–water partition coefficient (Wildman–Crippen LogP) is 3.01. The van der Waals surface area contributed by atoms with Crippen LogP contribution in [-0.2, 0) is 0 Å². The van der Waals surface area contributed by atoms with Crippen molar-refractivity contribution in [2.24, 2.45) is 0 Å². The van der Waals surface area contributed by atoms with E-state index in [1.54, 1.807) is 18.2 Å². The van der Waals surface area contributed by atoms with Gasteiger partial charge >= 0.3 is 0 Å². The molecule has 0 amide bonds. The number of ether oxygens (including phenoxy) is 2. The van der Waals surface area contributed by atoms with Gasteiger partial charge < -0.3 is 14.6 Å². The van der Waals surface area contributed by atoms with Gasteiger partial charge in [0.1, 0.15) is 19.0 Å². The van der Waals surface area contributed by atoms with E-state index >= 15 is 0 Å². The maximum atomic E-state index is 10.8. The van der Waals surface area contributed by atoms with E-state index < -0.39 is 6.10 Å². The molecule has 0 aliphatic heterocycles. The second kappa shape index (κ2) is 7.45. The van der Waals surface area contributed by atoms with E-state index in [1.165, 1.54) is 0 Å². The molecule has 4 heteroatoms. The molecule has 0 bridgehead atoms. The van der Waals surface area contributed by atoms with Crippen LogP contribution >= 0.6 is 0 Å². The van der Waals surface area contributed by atoms with Crippen LogP contribution in [0.3, 0.4) is 0 Å². The molecule has 0 aromatic heterocycles. The molecule has 0 spiro atoms. The van der Waals surface area contributed by atoms with Gasteiger partial charge in [0, 0.05) is 5.56 Å². The monoisotopic (exact) mass is 286 g/mol. The van der Waals surface area contributed by atoms with Gasteiger partial charge in [0.05, 0.1) is 6.61 Å². The molecule has 1 atom stereocenters. The molecule has 0 fully saturated rings. The average molecular weight is 286 g/mol. The van der Waals surface area contributed by atoms with Crippen LogP contribution in [0.5, 0.6) is 11.5 Å². The Bertz CT molecular complexity index is 581. The van der Waals surface area contributed by atoms with Crippen LogP contribution in [-0.4, -0.2) is 24.6 Å². The van der Waals surface area contributed by atoms with Crippen molar-refractivity contribution >= 4 is 6.29 Å². The summed E-state index contributed by atoms with van der Waals surface area (Å²) >= 11 is 0. The van der Waals surface area contributed by atoms with Crippen molar-refractivity contribution in [2.75, 3.05) is 13.2 Å². The van der Waals surface area contributed by atoms with Crippen LogP contribution in [0.2, 0.25) is 0 Å².